The summed E-state index contributed by atoms with van der Waals surface area (Å²) in [4.78, 5) is 11.4. The minimum Gasteiger partial charge on any atom is -0.450 e. The first-order valence-corrected chi connectivity index (χ1v) is 6.12. The standard InChI is InChI=1S/C12H15FO2.C2H6/c1-4-8-7-11(10(14)6-3)15-12(8)9(13)5-2;1-2/h4,7H,5-6H2,1-3H3;1-2H3/b8-4-,12-9-;. The molecule has 3 heteroatoms. The Balaban J connectivity index is 0.00000121. The van der Waals surface area contributed by atoms with Crippen molar-refractivity contribution >= 4 is 17.7 Å². The summed E-state index contributed by atoms with van der Waals surface area (Å²) in [7, 11) is 0. The summed E-state index contributed by atoms with van der Waals surface area (Å²) in [5, 5.41) is 0.645. The van der Waals surface area contributed by atoms with Gasteiger partial charge in [0.1, 0.15) is 5.83 Å². The second-order valence-electron chi connectivity index (χ2n) is 3.22. The third-order valence-electron chi connectivity index (χ3n) is 2.22. The van der Waals surface area contributed by atoms with Gasteiger partial charge < -0.3 is 4.42 Å². The average Bonchev–Trinajstić information content (AvgIpc) is 2.83. The Labute approximate surface area is 102 Å². The smallest absolute Gasteiger partial charge is 0.197 e. The molecule has 0 saturated heterocycles. The zero-order valence-electron chi connectivity index (χ0n) is 11.3. The normalized spacial score (nSPS) is 12.9. The number of furan rings is 1. The molecule has 0 radical (unpaired) electrons. The van der Waals surface area contributed by atoms with Crippen molar-refractivity contribution < 1.29 is 13.6 Å². The highest BCUT2D eigenvalue weighted by Gasteiger charge is 2.09. The maximum absolute atomic E-state index is 13.4. The molecule has 0 spiro atoms. The zero-order chi connectivity index (χ0) is 13.4. The number of carbonyl (C=O) groups excluding carboxylic acids is 1. The van der Waals surface area contributed by atoms with Crippen molar-refractivity contribution in [2.75, 3.05) is 0 Å². The monoisotopic (exact) mass is 240 g/mol. The number of rotatable bonds is 3. The van der Waals surface area contributed by atoms with Gasteiger partial charge in [-0.15, -0.1) is 0 Å². The molecule has 0 unspecified atom stereocenters. The fourth-order valence-corrected chi connectivity index (χ4v) is 1.30. The second-order valence-corrected chi connectivity index (χ2v) is 3.22. The Hall–Kier alpha value is -1.38. The van der Waals surface area contributed by atoms with Crippen molar-refractivity contribution in [3.63, 3.8) is 0 Å². The van der Waals surface area contributed by atoms with Crippen LogP contribution in [-0.2, 0) is 0 Å². The molecule has 2 nitrogen and oxygen atoms in total. The van der Waals surface area contributed by atoms with Gasteiger partial charge in [-0.3, -0.25) is 4.79 Å². The van der Waals surface area contributed by atoms with E-state index >= 15 is 0 Å². The minimum absolute atomic E-state index is 0.103. The molecule has 0 amide bonds. The summed E-state index contributed by atoms with van der Waals surface area (Å²) >= 11 is 0. The second kappa shape index (κ2) is 7.82. The zero-order valence-corrected chi connectivity index (χ0v) is 11.3. The van der Waals surface area contributed by atoms with Crippen LogP contribution in [0.1, 0.15) is 58.0 Å². The van der Waals surface area contributed by atoms with E-state index in [1.54, 1.807) is 32.9 Å². The molecule has 0 atom stereocenters. The molecule has 0 aliphatic carbocycles. The quantitative estimate of drug-likeness (QED) is 0.759. The molecule has 1 rings (SSSR count). The van der Waals surface area contributed by atoms with Crippen molar-refractivity contribution in [2.24, 2.45) is 0 Å². The molecule has 0 N–H and O–H groups in total. The molecule has 0 aliphatic heterocycles. The van der Waals surface area contributed by atoms with Crippen molar-refractivity contribution in [3.05, 3.63) is 22.5 Å². The molecular weight excluding hydrogens is 219 g/mol. The first-order chi connectivity index (χ1) is 8.13. The van der Waals surface area contributed by atoms with Crippen LogP contribution in [0.5, 0.6) is 0 Å². The van der Waals surface area contributed by atoms with E-state index in [0.29, 0.717) is 11.6 Å². The van der Waals surface area contributed by atoms with Gasteiger partial charge in [0, 0.05) is 18.1 Å². The number of ketones is 1. The van der Waals surface area contributed by atoms with Crippen LogP contribution in [0, 0.1) is 0 Å². The van der Waals surface area contributed by atoms with Crippen LogP contribution in [0.2, 0.25) is 0 Å². The maximum Gasteiger partial charge on any atom is 0.197 e. The third kappa shape index (κ3) is 3.84. The molecule has 0 aromatic carbocycles. The summed E-state index contributed by atoms with van der Waals surface area (Å²) in [5.41, 5.74) is 0.191. The summed E-state index contributed by atoms with van der Waals surface area (Å²) in [6.07, 6.45) is 2.37. The average molecular weight is 240 g/mol. The molecule has 0 saturated carbocycles. The van der Waals surface area contributed by atoms with E-state index in [4.69, 9.17) is 4.42 Å². The lowest BCUT2D eigenvalue weighted by Crippen LogP contribution is -2.20. The first-order valence-electron chi connectivity index (χ1n) is 6.12. The van der Waals surface area contributed by atoms with Gasteiger partial charge in [0.05, 0.1) is 0 Å². The number of carbonyl (C=O) groups is 1. The third-order valence-corrected chi connectivity index (χ3v) is 2.22. The SMILES string of the molecule is C/C=c1/cc(C(=O)CC)o/c1=C(\F)CC.CC. The van der Waals surface area contributed by atoms with Gasteiger partial charge in [0.2, 0.25) is 0 Å². The molecule has 1 heterocycles. The van der Waals surface area contributed by atoms with Crippen molar-refractivity contribution in [1.29, 1.82) is 0 Å². The fraction of sp³-hybridized carbons (Fsp3) is 0.500. The number of hydrogen-bond acceptors (Lipinski definition) is 2. The van der Waals surface area contributed by atoms with Crippen LogP contribution < -0.4 is 10.6 Å². The van der Waals surface area contributed by atoms with Gasteiger partial charge in [-0.25, -0.2) is 4.39 Å². The van der Waals surface area contributed by atoms with E-state index in [9.17, 15) is 9.18 Å². The van der Waals surface area contributed by atoms with Gasteiger partial charge in [0.15, 0.2) is 17.0 Å². The predicted octanol–water partition coefficient (Wildman–Crippen LogP) is 3.19. The molecule has 96 valence electrons. The topological polar surface area (TPSA) is 30.2 Å². The van der Waals surface area contributed by atoms with Gasteiger partial charge in [-0.2, -0.15) is 0 Å². The number of hydrogen-bond donors (Lipinski definition) is 0. The molecule has 17 heavy (non-hydrogen) atoms. The van der Waals surface area contributed by atoms with E-state index < -0.39 is 0 Å². The maximum atomic E-state index is 13.4. The summed E-state index contributed by atoms with van der Waals surface area (Å²) in [5.74, 6) is -0.185. The van der Waals surface area contributed by atoms with Crippen LogP contribution in [0.3, 0.4) is 0 Å². The lowest BCUT2D eigenvalue weighted by atomic mass is 10.2. The Morgan fingerprint density at radius 2 is 1.94 bits per heavy atom. The Kier molecular flexibility index (Phi) is 7.19. The van der Waals surface area contributed by atoms with Crippen molar-refractivity contribution in [3.8, 4) is 0 Å². The highest BCUT2D eigenvalue weighted by molar-refractivity contribution is 5.93. The molecule has 0 fully saturated rings. The van der Waals surface area contributed by atoms with Gasteiger partial charge >= 0.3 is 0 Å². The number of halogens is 1. The summed E-state index contributed by atoms with van der Waals surface area (Å²) in [6.45, 7) is 9.25. The van der Waals surface area contributed by atoms with E-state index in [2.05, 4.69) is 0 Å². The van der Waals surface area contributed by atoms with Gasteiger partial charge in [-0.05, 0) is 13.0 Å². The van der Waals surface area contributed by atoms with Crippen LogP contribution in [0.4, 0.5) is 4.39 Å². The van der Waals surface area contributed by atoms with E-state index in [1.807, 2.05) is 13.8 Å². The Bertz CT molecular complexity index is 469. The van der Waals surface area contributed by atoms with Crippen LogP contribution in [0.15, 0.2) is 10.5 Å². The summed E-state index contributed by atoms with van der Waals surface area (Å²) in [6, 6.07) is 1.59. The van der Waals surface area contributed by atoms with E-state index in [0.717, 1.165) is 0 Å². The molecule has 0 bridgehead atoms. The van der Waals surface area contributed by atoms with Crippen LogP contribution >= 0.6 is 0 Å². The highest BCUT2D eigenvalue weighted by Crippen LogP contribution is 2.02. The lowest BCUT2D eigenvalue weighted by molar-refractivity contribution is 0.0959. The molecular formula is C14H21FO2. The lowest BCUT2D eigenvalue weighted by Gasteiger charge is -1.89. The Morgan fingerprint density at radius 3 is 2.35 bits per heavy atom. The van der Waals surface area contributed by atoms with Gasteiger partial charge in [-0.1, -0.05) is 33.8 Å². The van der Waals surface area contributed by atoms with Crippen molar-refractivity contribution in [2.45, 2.75) is 47.5 Å². The van der Waals surface area contributed by atoms with Gasteiger partial charge in [0.25, 0.3) is 0 Å². The number of Topliss-reactive ketones (excluding diaryl/α,β-unsaturated/α-hetero) is 1. The highest BCUT2D eigenvalue weighted by atomic mass is 19.1. The van der Waals surface area contributed by atoms with E-state index in [1.165, 1.54) is 0 Å². The fourth-order valence-electron chi connectivity index (χ4n) is 1.30. The van der Waals surface area contributed by atoms with E-state index in [-0.39, 0.29) is 29.2 Å². The predicted molar refractivity (Wildman–Crippen MR) is 68.9 cm³/mol. The Morgan fingerprint density at radius 1 is 1.35 bits per heavy atom. The molecule has 1 aromatic rings. The minimum atomic E-state index is -0.321. The molecule has 1 aromatic heterocycles. The van der Waals surface area contributed by atoms with Crippen LogP contribution in [-0.4, -0.2) is 5.78 Å². The first kappa shape index (κ1) is 15.6. The van der Waals surface area contributed by atoms with Crippen LogP contribution in [0.25, 0.3) is 11.9 Å². The largest absolute Gasteiger partial charge is 0.450 e. The molecule has 0 aliphatic rings. The van der Waals surface area contributed by atoms with Crippen molar-refractivity contribution in [1.82, 2.24) is 0 Å². The summed E-state index contributed by atoms with van der Waals surface area (Å²) < 4.78 is 18.6.